The van der Waals surface area contributed by atoms with Crippen LogP contribution in [0.3, 0.4) is 0 Å². The largest absolute Gasteiger partial charge is 0.345 e. The molecule has 1 unspecified atom stereocenters. The molecule has 0 spiro atoms. The fraction of sp³-hybridized carbons (Fsp3) is 0.381. The lowest BCUT2D eigenvalue weighted by Gasteiger charge is -2.20. The van der Waals surface area contributed by atoms with Gasteiger partial charge in [0.05, 0.1) is 16.5 Å². The van der Waals surface area contributed by atoms with Crippen molar-refractivity contribution in [3.63, 3.8) is 0 Å². The van der Waals surface area contributed by atoms with Gasteiger partial charge in [-0.3, -0.25) is 4.79 Å². The van der Waals surface area contributed by atoms with Crippen LogP contribution in [0.5, 0.6) is 0 Å². The molecule has 4 rings (SSSR count). The molecule has 0 aromatic heterocycles. The van der Waals surface area contributed by atoms with Gasteiger partial charge in [0.1, 0.15) is 0 Å². The molecule has 2 aliphatic rings. The van der Waals surface area contributed by atoms with E-state index in [1.54, 1.807) is 12.1 Å². The average Bonchev–Trinajstić information content (AvgIpc) is 3.38. The summed E-state index contributed by atoms with van der Waals surface area (Å²) < 4.78 is 27.8. The van der Waals surface area contributed by atoms with Crippen LogP contribution in [0.4, 0.5) is 0 Å². The highest BCUT2D eigenvalue weighted by molar-refractivity contribution is 9.10. The number of carbonyl (C=O) groups excluding carboxylic acids is 1. The molecule has 8 heteroatoms. The summed E-state index contributed by atoms with van der Waals surface area (Å²) in [6, 6.07) is 12.0. The Kier molecular flexibility index (Phi) is 6.02. The zero-order valence-corrected chi connectivity index (χ0v) is 18.9. The standard InChI is InChI=1S/C21H22BrClN2O3S/c22-19-10-9-17(29(27,28)25-11-1-2-12-25)13-18(19)21(26)24-20(14-3-4-14)15-5-7-16(23)8-6-15/h5-10,13-14,20H,1-4,11-12H2,(H,24,26). The Morgan fingerprint density at radius 3 is 2.38 bits per heavy atom. The predicted molar refractivity (Wildman–Crippen MR) is 117 cm³/mol. The summed E-state index contributed by atoms with van der Waals surface area (Å²) in [5.41, 5.74) is 1.33. The quantitative estimate of drug-likeness (QED) is 0.625. The number of carbonyl (C=O) groups is 1. The van der Waals surface area contributed by atoms with Gasteiger partial charge in [-0.15, -0.1) is 0 Å². The summed E-state index contributed by atoms with van der Waals surface area (Å²) in [6.45, 7) is 1.06. The molecule has 1 atom stereocenters. The van der Waals surface area contributed by atoms with Crippen molar-refractivity contribution in [1.82, 2.24) is 9.62 Å². The molecule has 2 aromatic carbocycles. The van der Waals surface area contributed by atoms with Crippen LogP contribution in [0.1, 0.15) is 47.6 Å². The lowest BCUT2D eigenvalue weighted by molar-refractivity contribution is 0.0930. The van der Waals surface area contributed by atoms with Crippen LogP contribution in [-0.4, -0.2) is 31.7 Å². The van der Waals surface area contributed by atoms with Crippen molar-refractivity contribution in [1.29, 1.82) is 0 Å². The smallest absolute Gasteiger partial charge is 0.252 e. The van der Waals surface area contributed by atoms with E-state index in [2.05, 4.69) is 21.2 Å². The summed E-state index contributed by atoms with van der Waals surface area (Å²) >= 11 is 9.40. The third-order valence-corrected chi connectivity index (χ3v) is 8.33. The number of sulfonamides is 1. The van der Waals surface area contributed by atoms with Gasteiger partial charge in [0, 0.05) is 22.6 Å². The van der Waals surface area contributed by atoms with Crippen LogP contribution in [-0.2, 0) is 10.0 Å². The third kappa shape index (κ3) is 4.53. The van der Waals surface area contributed by atoms with E-state index < -0.39 is 10.0 Å². The summed E-state index contributed by atoms with van der Waals surface area (Å²) in [5.74, 6) is 0.0950. The fourth-order valence-electron chi connectivity index (χ4n) is 3.71. The minimum absolute atomic E-state index is 0.120. The van der Waals surface area contributed by atoms with Gasteiger partial charge in [-0.1, -0.05) is 23.7 Å². The van der Waals surface area contributed by atoms with Crippen molar-refractivity contribution in [2.45, 2.75) is 36.6 Å². The molecule has 1 N–H and O–H groups in total. The maximum atomic E-state index is 13.1. The van der Waals surface area contributed by atoms with Crippen LogP contribution < -0.4 is 5.32 Å². The van der Waals surface area contributed by atoms with Gasteiger partial charge in [0.2, 0.25) is 10.0 Å². The van der Waals surface area contributed by atoms with Crippen LogP contribution in [0, 0.1) is 5.92 Å². The van der Waals surface area contributed by atoms with Gasteiger partial charge in [-0.05, 0) is 83.4 Å². The van der Waals surface area contributed by atoms with Crippen molar-refractivity contribution in [3.05, 3.63) is 63.1 Å². The molecule has 154 valence electrons. The van der Waals surface area contributed by atoms with Gasteiger partial charge in [-0.25, -0.2) is 8.42 Å². The Bertz CT molecular complexity index is 1020. The zero-order chi connectivity index (χ0) is 20.6. The van der Waals surface area contributed by atoms with Gasteiger partial charge < -0.3 is 5.32 Å². The van der Waals surface area contributed by atoms with Crippen molar-refractivity contribution < 1.29 is 13.2 Å². The summed E-state index contributed by atoms with van der Waals surface area (Å²) in [4.78, 5) is 13.2. The first-order chi connectivity index (χ1) is 13.9. The molecule has 29 heavy (non-hydrogen) atoms. The van der Waals surface area contributed by atoms with Crippen molar-refractivity contribution in [2.24, 2.45) is 5.92 Å². The number of hydrogen-bond donors (Lipinski definition) is 1. The predicted octanol–water partition coefficient (Wildman–Crippen LogP) is 4.77. The van der Waals surface area contributed by atoms with Crippen molar-refractivity contribution >= 4 is 43.5 Å². The van der Waals surface area contributed by atoms with Gasteiger partial charge >= 0.3 is 0 Å². The first-order valence-corrected chi connectivity index (χ1v) is 12.3. The molecule has 0 bridgehead atoms. The van der Waals surface area contributed by atoms with Gasteiger partial charge in [0.15, 0.2) is 0 Å². The molecule has 1 saturated heterocycles. The van der Waals surface area contributed by atoms with E-state index in [0.717, 1.165) is 31.2 Å². The molecular formula is C21H22BrClN2O3S. The molecule has 0 radical (unpaired) electrons. The first kappa shape index (κ1) is 20.8. The van der Waals surface area contributed by atoms with Crippen LogP contribution in [0.25, 0.3) is 0 Å². The molecule has 2 aromatic rings. The topological polar surface area (TPSA) is 66.5 Å². The molecule has 1 amide bonds. The highest BCUT2D eigenvalue weighted by Gasteiger charge is 2.34. The maximum absolute atomic E-state index is 13.1. The van der Waals surface area contributed by atoms with Crippen LogP contribution in [0.2, 0.25) is 5.02 Å². The Morgan fingerprint density at radius 2 is 1.76 bits per heavy atom. The number of amides is 1. The van der Waals surface area contributed by atoms with E-state index in [-0.39, 0.29) is 16.8 Å². The molecule has 1 saturated carbocycles. The second-order valence-corrected chi connectivity index (χ2v) is 10.8. The SMILES string of the molecule is O=C(NC(c1ccc(Cl)cc1)C1CC1)c1cc(S(=O)(=O)N2CCCC2)ccc1Br. The first-order valence-electron chi connectivity index (χ1n) is 9.72. The Hall–Kier alpha value is -1.41. The van der Waals surface area contributed by atoms with Crippen LogP contribution >= 0.6 is 27.5 Å². The highest BCUT2D eigenvalue weighted by Crippen LogP contribution is 2.41. The molecule has 5 nitrogen and oxygen atoms in total. The van der Waals surface area contributed by atoms with E-state index in [4.69, 9.17) is 11.6 Å². The maximum Gasteiger partial charge on any atom is 0.252 e. The normalized spacial score (nSPS) is 18.6. The van der Waals surface area contributed by atoms with E-state index in [1.807, 2.05) is 24.3 Å². The monoisotopic (exact) mass is 496 g/mol. The Morgan fingerprint density at radius 1 is 1.10 bits per heavy atom. The minimum Gasteiger partial charge on any atom is -0.345 e. The molecule has 2 fully saturated rings. The van der Waals surface area contributed by atoms with E-state index >= 15 is 0 Å². The molecular weight excluding hydrogens is 476 g/mol. The summed E-state index contributed by atoms with van der Waals surface area (Å²) in [5, 5.41) is 3.75. The number of nitrogens with one attached hydrogen (secondary N) is 1. The average molecular weight is 498 g/mol. The lowest BCUT2D eigenvalue weighted by Crippen LogP contribution is -2.31. The van der Waals surface area contributed by atoms with Gasteiger partial charge in [0.25, 0.3) is 5.91 Å². The molecule has 1 heterocycles. The second-order valence-electron chi connectivity index (χ2n) is 7.59. The lowest BCUT2D eigenvalue weighted by atomic mass is 10.0. The molecule has 1 aliphatic heterocycles. The fourth-order valence-corrected chi connectivity index (χ4v) is 5.80. The number of rotatable bonds is 6. The van der Waals surface area contributed by atoms with Crippen LogP contribution in [0.15, 0.2) is 51.8 Å². The summed E-state index contributed by atoms with van der Waals surface area (Å²) in [7, 11) is -3.58. The number of hydrogen-bond acceptors (Lipinski definition) is 3. The second kappa shape index (κ2) is 8.38. The molecule has 1 aliphatic carbocycles. The third-order valence-electron chi connectivity index (χ3n) is 5.49. The Labute approximate surface area is 184 Å². The number of halogens is 2. The minimum atomic E-state index is -3.58. The van der Waals surface area contributed by atoms with E-state index in [1.165, 1.54) is 10.4 Å². The van der Waals surface area contributed by atoms with E-state index in [0.29, 0.717) is 34.1 Å². The zero-order valence-electron chi connectivity index (χ0n) is 15.8. The van der Waals surface area contributed by atoms with Gasteiger partial charge in [-0.2, -0.15) is 4.31 Å². The highest BCUT2D eigenvalue weighted by atomic mass is 79.9. The van der Waals surface area contributed by atoms with E-state index in [9.17, 15) is 13.2 Å². The van der Waals surface area contributed by atoms with Crippen molar-refractivity contribution in [2.75, 3.05) is 13.1 Å². The number of benzene rings is 2. The summed E-state index contributed by atoms with van der Waals surface area (Å²) in [6.07, 6.45) is 3.84. The van der Waals surface area contributed by atoms with Crippen molar-refractivity contribution in [3.8, 4) is 0 Å². The Balaban J connectivity index is 1.60. The number of nitrogens with zero attached hydrogens (tertiary/aromatic N) is 1.